The second kappa shape index (κ2) is 7.76. The van der Waals surface area contributed by atoms with Gasteiger partial charge in [-0.15, -0.1) is 0 Å². The first-order valence-electron chi connectivity index (χ1n) is 7.66. The highest BCUT2D eigenvalue weighted by Gasteiger charge is 2.14. The van der Waals surface area contributed by atoms with E-state index < -0.39 is 5.97 Å². The summed E-state index contributed by atoms with van der Waals surface area (Å²) >= 11 is 0. The zero-order chi connectivity index (χ0) is 15.9. The molecule has 22 heavy (non-hydrogen) atoms. The molecule has 1 unspecified atom stereocenters. The minimum absolute atomic E-state index is 0.327. The Balaban J connectivity index is 1.92. The van der Waals surface area contributed by atoms with Crippen molar-refractivity contribution in [3.8, 4) is 0 Å². The van der Waals surface area contributed by atoms with Crippen LogP contribution in [-0.4, -0.2) is 17.6 Å². The Bertz CT molecular complexity index is 591. The van der Waals surface area contributed by atoms with Gasteiger partial charge in [-0.2, -0.15) is 0 Å². The van der Waals surface area contributed by atoms with Crippen molar-refractivity contribution in [3.05, 3.63) is 71.3 Å². The molecule has 0 heterocycles. The molecule has 0 spiro atoms. The van der Waals surface area contributed by atoms with Crippen LogP contribution in [0.25, 0.3) is 0 Å². The number of hydrogen-bond acceptors (Lipinski definition) is 2. The van der Waals surface area contributed by atoms with Gasteiger partial charge in [0.05, 0.1) is 5.56 Å². The van der Waals surface area contributed by atoms with Crippen molar-refractivity contribution in [1.82, 2.24) is 5.32 Å². The number of rotatable bonds is 7. The molecule has 2 aromatic rings. The summed E-state index contributed by atoms with van der Waals surface area (Å²) < 4.78 is 0. The number of hydrogen-bond donors (Lipinski definition) is 2. The van der Waals surface area contributed by atoms with E-state index in [-0.39, 0.29) is 0 Å². The summed E-state index contributed by atoms with van der Waals surface area (Å²) in [5.74, 6) is 0.146. The molecule has 0 bridgehead atoms. The van der Waals surface area contributed by atoms with Gasteiger partial charge in [0.15, 0.2) is 0 Å². The Morgan fingerprint density at radius 2 is 1.68 bits per heavy atom. The van der Waals surface area contributed by atoms with Crippen LogP contribution < -0.4 is 5.32 Å². The molecule has 116 valence electrons. The monoisotopic (exact) mass is 297 g/mol. The smallest absolute Gasteiger partial charge is 0.335 e. The van der Waals surface area contributed by atoms with E-state index in [1.807, 2.05) is 18.2 Å². The lowest BCUT2D eigenvalue weighted by molar-refractivity contribution is 0.0697. The summed E-state index contributed by atoms with van der Waals surface area (Å²) in [4.78, 5) is 10.8. The van der Waals surface area contributed by atoms with E-state index in [9.17, 15) is 4.79 Å². The highest BCUT2D eigenvalue weighted by Crippen LogP contribution is 2.23. The van der Waals surface area contributed by atoms with Crippen molar-refractivity contribution >= 4 is 5.97 Å². The molecule has 2 aromatic carbocycles. The molecule has 0 aliphatic heterocycles. The van der Waals surface area contributed by atoms with E-state index in [1.54, 1.807) is 12.1 Å². The SMILES string of the molecule is CC(C)C(CNCc1ccc(C(=O)O)cc1)c1ccccc1. The third-order valence-electron chi connectivity index (χ3n) is 3.93. The fraction of sp³-hybridized carbons (Fsp3) is 0.316. The molecular weight excluding hydrogens is 274 g/mol. The van der Waals surface area contributed by atoms with Gasteiger partial charge in [0, 0.05) is 13.1 Å². The highest BCUT2D eigenvalue weighted by atomic mass is 16.4. The van der Waals surface area contributed by atoms with E-state index >= 15 is 0 Å². The summed E-state index contributed by atoms with van der Waals surface area (Å²) in [5.41, 5.74) is 2.78. The summed E-state index contributed by atoms with van der Waals surface area (Å²) in [6, 6.07) is 17.6. The molecule has 1 atom stereocenters. The third-order valence-corrected chi connectivity index (χ3v) is 3.93. The molecule has 2 N–H and O–H groups in total. The van der Waals surface area contributed by atoms with Gasteiger partial charge in [-0.05, 0) is 35.1 Å². The number of carboxylic acids is 1. The van der Waals surface area contributed by atoms with Gasteiger partial charge >= 0.3 is 5.97 Å². The molecular formula is C19H23NO2. The minimum atomic E-state index is -0.886. The lowest BCUT2D eigenvalue weighted by atomic mass is 9.88. The summed E-state index contributed by atoms with van der Waals surface area (Å²) in [5, 5.41) is 12.4. The van der Waals surface area contributed by atoms with E-state index in [0.29, 0.717) is 17.4 Å². The summed E-state index contributed by atoms with van der Waals surface area (Å²) in [7, 11) is 0. The van der Waals surface area contributed by atoms with E-state index in [0.717, 1.165) is 18.7 Å². The summed E-state index contributed by atoms with van der Waals surface area (Å²) in [6.45, 7) is 6.13. The number of carbonyl (C=O) groups is 1. The van der Waals surface area contributed by atoms with Crippen LogP contribution in [0.2, 0.25) is 0 Å². The van der Waals surface area contributed by atoms with Crippen molar-refractivity contribution < 1.29 is 9.90 Å². The first kappa shape index (κ1) is 16.2. The lowest BCUT2D eigenvalue weighted by Gasteiger charge is -2.22. The molecule has 0 aliphatic carbocycles. The Morgan fingerprint density at radius 1 is 1.05 bits per heavy atom. The van der Waals surface area contributed by atoms with Crippen molar-refractivity contribution in [3.63, 3.8) is 0 Å². The fourth-order valence-corrected chi connectivity index (χ4v) is 2.58. The standard InChI is InChI=1S/C19H23NO2/c1-14(2)18(16-6-4-3-5-7-16)13-20-12-15-8-10-17(11-9-15)19(21)22/h3-11,14,18,20H,12-13H2,1-2H3,(H,21,22). The van der Waals surface area contributed by atoms with Gasteiger partial charge in [-0.25, -0.2) is 4.79 Å². The normalized spacial score (nSPS) is 12.3. The third kappa shape index (κ3) is 4.43. The zero-order valence-corrected chi connectivity index (χ0v) is 13.1. The zero-order valence-electron chi connectivity index (χ0n) is 13.1. The first-order chi connectivity index (χ1) is 10.6. The Kier molecular flexibility index (Phi) is 5.73. The maximum Gasteiger partial charge on any atom is 0.335 e. The maximum absolute atomic E-state index is 10.8. The molecule has 3 nitrogen and oxygen atoms in total. The predicted molar refractivity (Wildman–Crippen MR) is 89.1 cm³/mol. The lowest BCUT2D eigenvalue weighted by Crippen LogP contribution is -2.24. The fourth-order valence-electron chi connectivity index (χ4n) is 2.58. The molecule has 3 heteroatoms. The van der Waals surface area contributed by atoms with Crippen LogP contribution >= 0.6 is 0 Å². The molecule has 0 radical (unpaired) electrons. The van der Waals surface area contributed by atoms with Gasteiger partial charge in [0.1, 0.15) is 0 Å². The summed E-state index contributed by atoms with van der Waals surface area (Å²) in [6.07, 6.45) is 0. The molecule has 0 saturated heterocycles. The van der Waals surface area contributed by atoms with Gasteiger partial charge < -0.3 is 10.4 Å². The quantitative estimate of drug-likeness (QED) is 0.814. The maximum atomic E-state index is 10.8. The second-order valence-corrected chi connectivity index (χ2v) is 5.89. The Morgan fingerprint density at radius 3 is 2.23 bits per heavy atom. The number of carboxylic acid groups (broad SMARTS) is 1. The van der Waals surface area contributed by atoms with Crippen LogP contribution in [0.15, 0.2) is 54.6 Å². The van der Waals surface area contributed by atoms with Crippen LogP contribution in [0.1, 0.15) is 41.3 Å². The largest absolute Gasteiger partial charge is 0.478 e. The molecule has 0 aromatic heterocycles. The Hall–Kier alpha value is -2.13. The predicted octanol–water partition coefficient (Wildman–Crippen LogP) is 3.91. The van der Waals surface area contributed by atoms with Crippen LogP contribution in [-0.2, 0) is 6.54 Å². The van der Waals surface area contributed by atoms with Crippen LogP contribution in [0.4, 0.5) is 0 Å². The van der Waals surface area contributed by atoms with E-state index in [2.05, 4.69) is 43.4 Å². The van der Waals surface area contributed by atoms with Crippen LogP contribution in [0.3, 0.4) is 0 Å². The Labute approximate surface area is 132 Å². The topological polar surface area (TPSA) is 49.3 Å². The molecule has 0 amide bonds. The van der Waals surface area contributed by atoms with Crippen molar-refractivity contribution in [1.29, 1.82) is 0 Å². The van der Waals surface area contributed by atoms with Crippen LogP contribution in [0.5, 0.6) is 0 Å². The average molecular weight is 297 g/mol. The second-order valence-electron chi connectivity index (χ2n) is 5.89. The highest BCUT2D eigenvalue weighted by molar-refractivity contribution is 5.87. The first-order valence-corrected chi connectivity index (χ1v) is 7.66. The van der Waals surface area contributed by atoms with Crippen molar-refractivity contribution in [2.24, 2.45) is 5.92 Å². The molecule has 0 saturated carbocycles. The van der Waals surface area contributed by atoms with Gasteiger partial charge in [0.25, 0.3) is 0 Å². The van der Waals surface area contributed by atoms with E-state index in [4.69, 9.17) is 5.11 Å². The van der Waals surface area contributed by atoms with Gasteiger partial charge in [0.2, 0.25) is 0 Å². The van der Waals surface area contributed by atoms with Crippen molar-refractivity contribution in [2.75, 3.05) is 6.54 Å². The minimum Gasteiger partial charge on any atom is -0.478 e. The number of benzene rings is 2. The van der Waals surface area contributed by atoms with E-state index in [1.165, 1.54) is 5.56 Å². The number of aromatic carboxylic acids is 1. The van der Waals surface area contributed by atoms with Crippen LogP contribution in [0, 0.1) is 5.92 Å². The number of nitrogens with one attached hydrogen (secondary N) is 1. The van der Waals surface area contributed by atoms with Gasteiger partial charge in [-0.1, -0.05) is 56.3 Å². The molecule has 2 rings (SSSR count). The van der Waals surface area contributed by atoms with Crippen molar-refractivity contribution in [2.45, 2.75) is 26.3 Å². The molecule has 0 fully saturated rings. The average Bonchev–Trinajstić information content (AvgIpc) is 2.52. The molecule has 0 aliphatic rings. The van der Waals surface area contributed by atoms with Gasteiger partial charge in [-0.3, -0.25) is 0 Å².